The van der Waals surface area contributed by atoms with Gasteiger partial charge in [-0.25, -0.2) is 4.98 Å². The molecule has 0 saturated carbocycles. The van der Waals surface area contributed by atoms with Gasteiger partial charge in [-0.3, -0.25) is 9.78 Å². The summed E-state index contributed by atoms with van der Waals surface area (Å²) < 4.78 is 10.3. The minimum Gasteiger partial charge on any atom is -0.382 e. The molecule has 0 spiro atoms. The molecule has 8 nitrogen and oxygen atoms in total. The number of piperidine rings is 1. The van der Waals surface area contributed by atoms with E-state index in [4.69, 9.17) is 15.0 Å². The summed E-state index contributed by atoms with van der Waals surface area (Å²) in [6.45, 7) is 3.45. The Labute approximate surface area is 146 Å². The van der Waals surface area contributed by atoms with Crippen molar-refractivity contribution in [3.8, 4) is 0 Å². The Hall–Kier alpha value is -2.48. The minimum absolute atomic E-state index is 0.110. The summed E-state index contributed by atoms with van der Waals surface area (Å²) in [5.74, 6) is 1.27. The van der Waals surface area contributed by atoms with Gasteiger partial charge in [0.25, 0.3) is 5.91 Å². The van der Waals surface area contributed by atoms with Crippen LogP contribution >= 0.6 is 0 Å². The Morgan fingerprint density at radius 1 is 1.44 bits per heavy atom. The number of aryl methyl sites for hydroxylation is 1. The highest BCUT2D eigenvalue weighted by molar-refractivity contribution is 5.93. The summed E-state index contributed by atoms with van der Waals surface area (Å²) in [5.41, 5.74) is 7.74. The fourth-order valence-corrected chi connectivity index (χ4v) is 3.25. The minimum atomic E-state index is -0.110. The van der Waals surface area contributed by atoms with E-state index in [0.29, 0.717) is 54.9 Å². The summed E-state index contributed by atoms with van der Waals surface area (Å²) in [5, 5.41) is 3.94. The number of carbonyl (C=O) groups excluding carboxylic acids is 1. The highest BCUT2D eigenvalue weighted by atomic mass is 16.5. The monoisotopic (exact) mass is 345 g/mol. The quantitative estimate of drug-likeness (QED) is 0.877. The van der Waals surface area contributed by atoms with Gasteiger partial charge in [-0.2, -0.15) is 0 Å². The van der Waals surface area contributed by atoms with Crippen molar-refractivity contribution in [1.82, 2.24) is 20.0 Å². The van der Waals surface area contributed by atoms with E-state index in [1.807, 2.05) is 4.90 Å². The van der Waals surface area contributed by atoms with Crippen LogP contribution in [0.3, 0.4) is 0 Å². The van der Waals surface area contributed by atoms with Gasteiger partial charge in [0.05, 0.1) is 17.9 Å². The van der Waals surface area contributed by atoms with Gasteiger partial charge in [0.15, 0.2) is 5.69 Å². The number of aromatic nitrogens is 3. The Balaban J connectivity index is 1.71. The number of nitrogens with zero attached hydrogens (tertiary/aromatic N) is 4. The van der Waals surface area contributed by atoms with E-state index in [9.17, 15) is 4.79 Å². The van der Waals surface area contributed by atoms with Crippen LogP contribution < -0.4 is 5.73 Å². The summed E-state index contributed by atoms with van der Waals surface area (Å²) >= 11 is 0. The summed E-state index contributed by atoms with van der Waals surface area (Å²) in [7, 11) is 1.59. The number of carbonyl (C=O) groups is 1. The van der Waals surface area contributed by atoms with Crippen molar-refractivity contribution in [2.45, 2.75) is 32.8 Å². The molecule has 3 heterocycles. The van der Waals surface area contributed by atoms with Crippen LogP contribution in [0.4, 0.5) is 5.82 Å². The first-order chi connectivity index (χ1) is 12.1. The van der Waals surface area contributed by atoms with Crippen LogP contribution in [0.2, 0.25) is 0 Å². The zero-order chi connectivity index (χ0) is 17.8. The number of nitrogen functional groups attached to an aromatic ring is 1. The fraction of sp³-hybridized carbons (Fsp3) is 0.529. The van der Waals surface area contributed by atoms with Gasteiger partial charge in [0.1, 0.15) is 11.6 Å². The van der Waals surface area contributed by atoms with Crippen LogP contribution in [0.15, 0.2) is 16.9 Å². The number of nitrogens with two attached hydrogens (primary N) is 1. The van der Waals surface area contributed by atoms with E-state index in [0.717, 1.165) is 18.5 Å². The number of hydrogen-bond acceptors (Lipinski definition) is 7. The van der Waals surface area contributed by atoms with E-state index >= 15 is 0 Å². The highest BCUT2D eigenvalue weighted by Gasteiger charge is 2.29. The van der Waals surface area contributed by atoms with Crippen LogP contribution in [-0.2, 0) is 17.8 Å². The summed E-state index contributed by atoms with van der Waals surface area (Å²) in [6, 6.07) is 0. The van der Waals surface area contributed by atoms with E-state index in [-0.39, 0.29) is 5.91 Å². The summed E-state index contributed by atoms with van der Waals surface area (Å²) in [6.07, 6.45) is 5.91. The Morgan fingerprint density at radius 3 is 3.00 bits per heavy atom. The Morgan fingerprint density at radius 2 is 2.24 bits per heavy atom. The molecular weight excluding hydrogens is 322 g/mol. The average Bonchev–Trinajstić information content (AvgIpc) is 2.98. The van der Waals surface area contributed by atoms with E-state index in [1.54, 1.807) is 26.4 Å². The van der Waals surface area contributed by atoms with Crippen molar-refractivity contribution in [2.24, 2.45) is 5.92 Å². The normalized spacial score (nSPS) is 17.7. The van der Waals surface area contributed by atoms with Gasteiger partial charge < -0.3 is 19.9 Å². The largest absolute Gasteiger partial charge is 0.382 e. The smallest absolute Gasteiger partial charge is 0.276 e. The van der Waals surface area contributed by atoms with Crippen molar-refractivity contribution in [1.29, 1.82) is 0 Å². The zero-order valence-electron chi connectivity index (χ0n) is 14.6. The maximum atomic E-state index is 12.9. The molecule has 2 aromatic heterocycles. The molecule has 1 saturated heterocycles. The number of hydrogen-bond donors (Lipinski definition) is 1. The molecule has 134 valence electrons. The lowest BCUT2D eigenvalue weighted by Gasteiger charge is -2.32. The standard InChI is InChI=1S/C17H23N5O3/c1-11-13(10-24-2)15(21-25-11)17(23)22-7-3-4-12(9-22)8-14-16(18)20-6-5-19-14/h5-6,12H,3-4,7-10H2,1-2H3,(H2,18,20)/t12-/m0/s1. The van der Waals surface area contributed by atoms with Gasteiger partial charge in [-0.1, -0.05) is 5.16 Å². The van der Waals surface area contributed by atoms with Crippen LogP contribution in [0, 0.1) is 12.8 Å². The van der Waals surface area contributed by atoms with Gasteiger partial charge in [0.2, 0.25) is 0 Å². The molecule has 0 radical (unpaired) electrons. The van der Waals surface area contributed by atoms with Crippen molar-refractivity contribution >= 4 is 11.7 Å². The topological polar surface area (TPSA) is 107 Å². The highest BCUT2D eigenvalue weighted by Crippen LogP contribution is 2.24. The van der Waals surface area contributed by atoms with Gasteiger partial charge >= 0.3 is 0 Å². The Kier molecular flexibility index (Phi) is 5.28. The first-order valence-electron chi connectivity index (χ1n) is 8.38. The third kappa shape index (κ3) is 3.79. The van der Waals surface area contributed by atoms with Crippen molar-refractivity contribution in [2.75, 3.05) is 25.9 Å². The van der Waals surface area contributed by atoms with Crippen molar-refractivity contribution in [3.63, 3.8) is 0 Å². The molecule has 8 heteroatoms. The predicted molar refractivity (Wildman–Crippen MR) is 90.7 cm³/mol. The van der Waals surface area contributed by atoms with Gasteiger partial charge in [-0.15, -0.1) is 0 Å². The van der Waals surface area contributed by atoms with Crippen molar-refractivity contribution < 1.29 is 14.1 Å². The van der Waals surface area contributed by atoms with Crippen molar-refractivity contribution in [3.05, 3.63) is 35.1 Å². The number of likely N-dealkylation sites (tertiary alicyclic amines) is 1. The molecule has 1 fully saturated rings. The van der Waals surface area contributed by atoms with Crippen LogP contribution in [-0.4, -0.2) is 46.1 Å². The average molecular weight is 345 g/mol. The number of anilines is 1. The molecule has 3 rings (SSSR count). The molecule has 2 N–H and O–H groups in total. The third-order valence-corrected chi connectivity index (χ3v) is 4.57. The molecule has 0 bridgehead atoms. The molecule has 1 atom stereocenters. The molecule has 25 heavy (non-hydrogen) atoms. The second kappa shape index (κ2) is 7.60. The number of ether oxygens (including phenoxy) is 1. The first kappa shape index (κ1) is 17.3. The fourth-order valence-electron chi connectivity index (χ4n) is 3.25. The SMILES string of the molecule is COCc1c(C(=O)N2CCC[C@@H](Cc3nccnc3N)C2)noc1C. The Bertz CT molecular complexity index is 746. The molecule has 1 aliphatic rings. The molecule has 0 aromatic carbocycles. The van der Waals surface area contributed by atoms with Gasteiger partial charge in [-0.05, 0) is 32.1 Å². The number of rotatable bonds is 5. The lowest BCUT2D eigenvalue weighted by molar-refractivity contribution is 0.0658. The second-order valence-electron chi connectivity index (χ2n) is 6.35. The second-order valence-corrected chi connectivity index (χ2v) is 6.35. The third-order valence-electron chi connectivity index (χ3n) is 4.57. The van der Waals surface area contributed by atoms with Gasteiger partial charge in [0, 0.05) is 32.6 Å². The zero-order valence-corrected chi connectivity index (χ0v) is 14.6. The molecular formula is C17H23N5O3. The maximum absolute atomic E-state index is 12.9. The molecule has 1 amide bonds. The van der Waals surface area contributed by atoms with Crippen LogP contribution in [0.1, 0.15) is 40.3 Å². The maximum Gasteiger partial charge on any atom is 0.276 e. The lowest BCUT2D eigenvalue weighted by Crippen LogP contribution is -2.41. The molecule has 0 unspecified atom stereocenters. The predicted octanol–water partition coefficient (Wildman–Crippen LogP) is 1.60. The lowest BCUT2D eigenvalue weighted by atomic mass is 9.93. The van der Waals surface area contributed by atoms with E-state index in [1.165, 1.54) is 0 Å². The summed E-state index contributed by atoms with van der Waals surface area (Å²) in [4.78, 5) is 23.1. The van der Waals surface area contributed by atoms with Crippen LogP contribution in [0.5, 0.6) is 0 Å². The van der Waals surface area contributed by atoms with Crippen LogP contribution in [0.25, 0.3) is 0 Å². The first-order valence-corrected chi connectivity index (χ1v) is 8.38. The molecule has 0 aliphatic carbocycles. The van der Waals surface area contributed by atoms with E-state index in [2.05, 4.69) is 15.1 Å². The molecule has 2 aromatic rings. The van der Waals surface area contributed by atoms with E-state index < -0.39 is 0 Å². The number of amides is 1. The number of methoxy groups -OCH3 is 1. The molecule has 1 aliphatic heterocycles.